The molecule has 0 aliphatic carbocycles. The highest BCUT2D eigenvalue weighted by Crippen LogP contribution is 2.25. The zero-order valence-corrected chi connectivity index (χ0v) is 4.54. The predicted molar refractivity (Wildman–Crippen MR) is 28.3 cm³/mol. The smallest absolute Gasteiger partial charge is 0.160 e. The minimum Gasteiger partial charge on any atom is -0.370 e. The number of rotatable bonds is 1. The molecule has 8 heavy (non-hydrogen) atoms. The van der Waals surface area contributed by atoms with Crippen molar-refractivity contribution in [3.05, 3.63) is 12.7 Å². The first kappa shape index (κ1) is 5.75. The molecule has 1 saturated heterocycles. The fourth-order valence-corrected chi connectivity index (χ4v) is 0.648. The monoisotopic (exact) mass is 115 g/mol. The highest BCUT2D eigenvalue weighted by molar-refractivity contribution is 4.99. The third-order valence-corrected chi connectivity index (χ3v) is 1.47. The van der Waals surface area contributed by atoms with Crippen LogP contribution >= 0.6 is 0 Å². The standard InChI is InChI=1S/C5H9NO2/c1-2-5(7)3-4-6(5)8/h2,7-8H,1,3-4H2. The van der Waals surface area contributed by atoms with Crippen LogP contribution in [0.4, 0.5) is 0 Å². The average Bonchev–Trinajstić information content (AvgIpc) is 1.83. The molecule has 0 aromatic carbocycles. The van der Waals surface area contributed by atoms with Crippen LogP contribution in [-0.4, -0.2) is 27.6 Å². The summed E-state index contributed by atoms with van der Waals surface area (Å²) in [5.74, 6) is 0. The molecule has 1 aliphatic heterocycles. The van der Waals surface area contributed by atoms with Crippen molar-refractivity contribution in [2.24, 2.45) is 0 Å². The highest BCUT2D eigenvalue weighted by atomic mass is 16.6. The van der Waals surface area contributed by atoms with Gasteiger partial charge in [-0.05, 0) is 6.08 Å². The van der Waals surface area contributed by atoms with Crippen LogP contribution in [0.25, 0.3) is 0 Å². The maximum atomic E-state index is 9.05. The molecule has 0 aromatic heterocycles. The van der Waals surface area contributed by atoms with Gasteiger partial charge in [0.2, 0.25) is 0 Å². The fraction of sp³-hybridized carbons (Fsp3) is 0.600. The van der Waals surface area contributed by atoms with E-state index in [1.165, 1.54) is 6.08 Å². The summed E-state index contributed by atoms with van der Waals surface area (Å²) in [6.07, 6.45) is 1.91. The molecule has 1 atom stereocenters. The van der Waals surface area contributed by atoms with Crippen molar-refractivity contribution in [2.45, 2.75) is 12.1 Å². The van der Waals surface area contributed by atoms with E-state index in [2.05, 4.69) is 6.58 Å². The van der Waals surface area contributed by atoms with E-state index in [1.54, 1.807) is 0 Å². The van der Waals surface area contributed by atoms with Gasteiger partial charge in [0.25, 0.3) is 0 Å². The van der Waals surface area contributed by atoms with Crippen LogP contribution in [0.3, 0.4) is 0 Å². The molecular weight excluding hydrogens is 106 g/mol. The van der Waals surface area contributed by atoms with Crippen molar-refractivity contribution in [3.63, 3.8) is 0 Å². The van der Waals surface area contributed by atoms with E-state index in [-0.39, 0.29) is 0 Å². The van der Waals surface area contributed by atoms with Crippen LogP contribution in [0.5, 0.6) is 0 Å². The van der Waals surface area contributed by atoms with Gasteiger partial charge in [-0.15, -0.1) is 0 Å². The lowest BCUT2D eigenvalue weighted by Crippen LogP contribution is -2.56. The van der Waals surface area contributed by atoms with Crippen LogP contribution in [0.15, 0.2) is 12.7 Å². The molecule has 1 unspecified atom stereocenters. The van der Waals surface area contributed by atoms with Gasteiger partial charge in [-0.3, -0.25) is 0 Å². The van der Waals surface area contributed by atoms with Crippen LogP contribution in [0.1, 0.15) is 6.42 Å². The van der Waals surface area contributed by atoms with Gasteiger partial charge in [-0.1, -0.05) is 6.58 Å². The van der Waals surface area contributed by atoms with Crippen LogP contribution < -0.4 is 0 Å². The molecule has 1 aliphatic rings. The van der Waals surface area contributed by atoms with E-state index in [0.717, 1.165) is 5.06 Å². The van der Waals surface area contributed by atoms with Crippen molar-refractivity contribution < 1.29 is 10.3 Å². The zero-order chi connectivity index (χ0) is 6.20. The number of aliphatic hydroxyl groups is 1. The Morgan fingerprint density at radius 1 is 1.75 bits per heavy atom. The lowest BCUT2D eigenvalue weighted by Gasteiger charge is -2.41. The summed E-state index contributed by atoms with van der Waals surface area (Å²) >= 11 is 0. The summed E-state index contributed by atoms with van der Waals surface area (Å²) < 4.78 is 0. The maximum absolute atomic E-state index is 9.05. The van der Waals surface area contributed by atoms with Gasteiger partial charge in [0, 0.05) is 13.0 Å². The Morgan fingerprint density at radius 3 is 2.38 bits per heavy atom. The second-order valence-electron chi connectivity index (χ2n) is 1.96. The maximum Gasteiger partial charge on any atom is 0.160 e. The molecule has 3 nitrogen and oxygen atoms in total. The van der Waals surface area contributed by atoms with Gasteiger partial charge in [-0.2, -0.15) is 5.06 Å². The third-order valence-electron chi connectivity index (χ3n) is 1.47. The van der Waals surface area contributed by atoms with Crippen molar-refractivity contribution in [1.82, 2.24) is 5.06 Å². The average molecular weight is 115 g/mol. The number of hydrogen-bond acceptors (Lipinski definition) is 3. The number of hydroxylamine groups is 2. The van der Waals surface area contributed by atoms with E-state index in [9.17, 15) is 0 Å². The van der Waals surface area contributed by atoms with Gasteiger partial charge >= 0.3 is 0 Å². The highest BCUT2D eigenvalue weighted by Gasteiger charge is 2.39. The minimum absolute atomic E-state index is 0.530. The normalized spacial score (nSPS) is 38.8. The molecular formula is C5H9NO2. The molecule has 0 bridgehead atoms. The molecule has 1 rings (SSSR count). The Kier molecular flexibility index (Phi) is 1.11. The summed E-state index contributed by atoms with van der Waals surface area (Å²) in [5, 5.41) is 18.6. The van der Waals surface area contributed by atoms with Gasteiger partial charge in [-0.25, -0.2) is 0 Å². The minimum atomic E-state index is -1.12. The molecule has 0 spiro atoms. The van der Waals surface area contributed by atoms with E-state index >= 15 is 0 Å². The lowest BCUT2D eigenvalue weighted by molar-refractivity contribution is -0.298. The molecule has 3 heteroatoms. The molecule has 0 radical (unpaired) electrons. The third kappa shape index (κ3) is 0.561. The van der Waals surface area contributed by atoms with Gasteiger partial charge in [0.1, 0.15) is 0 Å². The molecule has 0 aromatic rings. The predicted octanol–water partition coefficient (Wildman–Crippen LogP) is -0.0441. The molecule has 1 heterocycles. The van der Waals surface area contributed by atoms with Crippen molar-refractivity contribution >= 4 is 0 Å². The van der Waals surface area contributed by atoms with Crippen molar-refractivity contribution in [2.75, 3.05) is 6.54 Å². The molecule has 1 fully saturated rings. The largest absolute Gasteiger partial charge is 0.370 e. The summed E-state index contributed by atoms with van der Waals surface area (Å²) in [6.45, 7) is 3.88. The number of hydrogen-bond donors (Lipinski definition) is 2. The molecule has 0 amide bonds. The van der Waals surface area contributed by atoms with Crippen LogP contribution in [-0.2, 0) is 0 Å². The molecule has 0 saturated carbocycles. The summed E-state index contributed by atoms with van der Waals surface area (Å²) in [4.78, 5) is 0. The van der Waals surface area contributed by atoms with Crippen molar-refractivity contribution in [3.8, 4) is 0 Å². The topological polar surface area (TPSA) is 43.7 Å². The Labute approximate surface area is 47.8 Å². The first-order valence-electron chi connectivity index (χ1n) is 2.51. The summed E-state index contributed by atoms with van der Waals surface area (Å²) in [7, 11) is 0. The van der Waals surface area contributed by atoms with Gasteiger partial charge < -0.3 is 10.3 Å². The molecule has 46 valence electrons. The number of nitrogens with zero attached hydrogens (tertiary/aromatic N) is 1. The summed E-state index contributed by atoms with van der Waals surface area (Å²) in [6, 6.07) is 0. The van der Waals surface area contributed by atoms with E-state index in [1.807, 2.05) is 0 Å². The SMILES string of the molecule is C=CC1(O)CCN1O. The Hall–Kier alpha value is -0.380. The van der Waals surface area contributed by atoms with Gasteiger partial charge in [0.05, 0.1) is 0 Å². The quantitative estimate of drug-likeness (QED) is 0.471. The second kappa shape index (κ2) is 1.55. The van der Waals surface area contributed by atoms with E-state index < -0.39 is 5.72 Å². The Morgan fingerprint density at radius 2 is 2.38 bits per heavy atom. The summed E-state index contributed by atoms with van der Waals surface area (Å²) in [5.41, 5.74) is -1.12. The fourth-order valence-electron chi connectivity index (χ4n) is 0.648. The van der Waals surface area contributed by atoms with E-state index in [4.69, 9.17) is 10.3 Å². The second-order valence-corrected chi connectivity index (χ2v) is 1.96. The van der Waals surface area contributed by atoms with Crippen molar-refractivity contribution in [1.29, 1.82) is 0 Å². The van der Waals surface area contributed by atoms with Crippen LogP contribution in [0.2, 0.25) is 0 Å². The molecule has 2 N–H and O–H groups in total. The van der Waals surface area contributed by atoms with Gasteiger partial charge in [0.15, 0.2) is 5.72 Å². The first-order chi connectivity index (χ1) is 3.69. The first-order valence-corrected chi connectivity index (χ1v) is 2.51. The van der Waals surface area contributed by atoms with E-state index in [0.29, 0.717) is 13.0 Å². The Balaban J connectivity index is 2.54. The zero-order valence-electron chi connectivity index (χ0n) is 4.54. The Bertz CT molecular complexity index is 115. The van der Waals surface area contributed by atoms with Crippen LogP contribution in [0, 0.1) is 0 Å². The lowest BCUT2D eigenvalue weighted by atomic mass is 10.0.